The summed E-state index contributed by atoms with van der Waals surface area (Å²) in [5.41, 5.74) is 2.93. The molecule has 1 saturated heterocycles. The average Bonchev–Trinajstić information content (AvgIpc) is 3.29. The molecular formula is C24H21NO7S. The number of carbonyl (C=O) groups is 1. The molecule has 2 unspecified atom stereocenters. The predicted molar refractivity (Wildman–Crippen MR) is 123 cm³/mol. The Morgan fingerprint density at radius 1 is 1.12 bits per heavy atom. The van der Waals surface area contributed by atoms with Crippen molar-refractivity contribution in [1.29, 1.82) is 0 Å². The van der Waals surface area contributed by atoms with Crippen molar-refractivity contribution >= 4 is 37.7 Å². The molecule has 3 heterocycles. The van der Waals surface area contributed by atoms with Gasteiger partial charge in [0.05, 0.1) is 41.9 Å². The molecule has 1 aliphatic heterocycles. The largest absolute Gasteiger partial charge is 0.464 e. The third kappa shape index (κ3) is 3.94. The fraction of sp³-hybridized carbons (Fsp3) is 0.250. The molecule has 5 rings (SSSR count). The van der Waals surface area contributed by atoms with E-state index in [2.05, 4.69) is 5.32 Å². The number of fused-ring (bicyclic) bond motifs is 2. The van der Waals surface area contributed by atoms with Gasteiger partial charge >= 0.3 is 5.63 Å². The van der Waals surface area contributed by atoms with E-state index in [4.69, 9.17) is 8.83 Å². The van der Waals surface area contributed by atoms with Crippen molar-refractivity contribution < 1.29 is 27.2 Å². The highest BCUT2D eigenvalue weighted by Gasteiger charge is 2.37. The Hall–Kier alpha value is -3.43. The maximum Gasteiger partial charge on any atom is 0.340 e. The lowest BCUT2D eigenvalue weighted by Crippen LogP contribution is -2.43. The molecule has 1 fully saturated rings. The first-order chi connectivity index (χ1) is 15.7. The highest BCUT2D eigenvalue weighted by atomic mass is 32.2. The number of aliphatic hydroxyl groups excluding tert-OH is 1. The molecule has 2 aromatic carbocycles. The van der Waals surface area contributed by atoms with Gasteiger partial charge in [0, 0.05) is 22.4 Å². The quantitative estimate of drug-likeness (QED) is 0.441. The van der Waals surface area contributed by atoms with Gasteiger partial charge in [0.25, 0.3) is 0 Å². The number of rotatable bonds is 4. The van der Waals surface area contributed by atoms with Crippen molar-refractivity contribution in [2.45, 2.75) is 25.5 Å². The van der Waals surface area contributed by atoms with E-state index in [1.54, 1.807) is 19.3 Å². The maximum absolute atomic E-state index is 12.6. The summed E-state index contributed by atoms with van der Waals surface area (Å²) in [5.74, 6) is -1.27. The molecule has 9 heteroatoms. The molecule has 1 amide bonds. The molecule has 2 aromatic heterocycles. The standard InChI is InChI=1S/C24H21NO7S/c1-13-15-7-17-18(14-5-3-2-4-6-14)10-31-21(17)9-22(15)32-24(28)16(13)8-23(27)25-19-11-33(29,30)12-20(19)26/h2-7,9-10,19-20,26H,8,11-12H2,1H3,(H,25,27). The molecule has 0 radical (unpaired) electrons. The number of aryl methyl sites for hydroxylation is 1. The molecule has 0 aliphatic carbocycles. The molecule has 0 saturated carbocycles. The number of hydrogen-bond donors (Lipinski definition) is 2. The molecule has 170 valence electrons. The predicted octanol–water partition coefficient (Wildman–Crippen LogP) is 2.33. The van der Waals surface area contributed by atoms with Gasteiger partial charge in [-0.05, 0) is 24.1 Å². The van der Waals surface area contributed by atoms with Crippen LogP contribution in [0, 0.1) is 6.92 Å². The molecule has 8 nitrogen and oxygen atoms in total. The minimum absolute atomic E-state index is 0.180. The van der Waals surface area contributed by atoms with Crippen molar-refractivity contribution in [2.75, 3.05) is 11.5 Å². The van der Waals surface area contributed by atoms with Crippen LogP contribution in [0.5, 0.6) is 0 Å². The zero-order valence-corrected chi connectivity index (χ0v) is 18.5. The molecule has 2 N–H and O–H groups in total. The number of sulfone groups is 1. The van der Waals surface area contributed by atoms with Gasteiger partial charge in [-0.2, -0.15) is 0 Å². The van der Waals surface area contributed by atoms with E-state index in [0.29, 0.717) is 22.1 Å². The Kier molecular flexibility index (Phi) is 5.10. The van der Waals surface area contributed by atoms with Gasteiger partial charge in [-0.3, -0.25) is 4.79 Å². The number of hydrogen-bond acceptors (Lipinski definition) is 7. The summed E-state index contributed by atoms with van der Waals surface area (Å²) in [4.78, 5) is 25.2. The zero-order chi connectivity index (χ0) is 23.3. The fourth-order valence-electron chi connectivity index (χ4n) is 4.34. The van der Waals surface area contributed by atoms with Crippen LogP contribution in [0.2, 0.25) is 0 Å². The summed E-state index contributed by atoms with van der Waals surface area (Å²) in [6.07, 6.45) is 0.197. The lowest BCUT2D eigenvalue weighted by Gasteiger charge is -2.15. The Morgan fingerprint density at radius 3 is 2.58 bits per heavy atom. The number of nitrogens with one attached hydrogen (secondary N) is 1. The lowest BCUT2D eigenvalue weighted by molar-refractivity contribution is -0.121. The van der Waals surface area contributed by atoms with Crippen LogP contribution in [0.15, 0.2) is 62.4 Å². The smallest absolute Gasteiger partial charge is 0.340 e. The lowest BCUT2D eigenvalue weighted by atomic mass is 9.99. The highest BCUT2D eigenvalue weighted by Crippen LogP contribution is 2.34. The van der Waals surface area contributed by atoms with Crippen molar-refractivity contribution in [2.24, 2.45) is 0 Å². The van der Waals surface area contributed by atoms with Gasteiger partial charge in [0.2, 0.25) is 5.91 Å². The van der Waals surface area contributed by atoms with Crippen LogP contribution >= 0.6 is 0 Å². The zero-order valence-electron chi connectivity index (χ0n) is 17.7. The van der Waals surface area contributed by atoms with Crippen LogP contribution in [0.4, 0.5) is 0 Å². The Bertz CT molecular complexity index is 1550. The van der Waals surface area contributed by atoms with Crippen LogP contribution in [-0.2, 0) is 21.1 Å². The van der Waals surface area contributed by atoms with Gasteiger partial charge in [0.15, 0.2) is 9.84 Å². The minimum atomic E-state index is -3.40. The second-order valence-corrected chi connectivity index (χ2v) is 10.5. The molecule has 0 spiro atoms. The second kappa shape index (κ2) is 7.86. The first-order valence-corrected chi connectivity index (χ1v) is 12.2. The van der Waals surface area contributed by atoms with Crippen molar-refractivity contribution in [3.8, 4) is 11.1 Å². The van der Waals surface area contributed by atoms with E-state index in [0.717, 1.165) is 16.5 Å². The molecular weight excluding hydrogens is 446 g/mol. The van der Waals surface area contributed by atoms with Crippen LogP contribution in [-0.4, -0.2) is 43.1 Å². The monoisotopic (exact) mass is 467 g/mol. The average molecular weight is 467 g/mol. The summed E-state index contributed by atoms with van der Waals surface area (Å²) in [6, 6.07) is 12.4. The molecule has 1 aliphatic rings. The van der Waals surface area contributed by atoms with Gasteiger partial charge in [-0.15, -0.1) is 0 Å². The Labute approximate surface area is 188 Å². The first-order valence-electron chi connectivity index (χ1n) is 10.4. The van der Waals surface area contributed by atoms with Gasteiger partial charge in [-0.25, -0.2) is 13.2 Å². The van der Waals surface area contributed by atoms with Gasteiger partial charge < -0.3 is 19.3 Å². The van der Waals surface area contributed by atoms with E-state index < -0.39 is 33.5 Å². The SMILES string of the molecule is Cc1c(CC(=O)NC2CS(=O)(=O)CC2O)c(=O)oc2cc3occ(-c4ccccc4)c3cc12. The van der Waals surface area contributed by atoms with Gasteiger partial charge in [0.1, 0.15) is 11.2 Å². The maximum atomic E-state index is 12.6. The fourth-order valence-corrected chi connectivity index (χ4v) is 6.08. The summed E-state index contributed by atoms with van der Waals surface area (Å²) in [7, 11) is -3.40. The highest BCUT2D eigenvalue weighted by molar-refractivity contribution is 7.91. The Balaban J connectivity index is 1.51. The van der Waals surface area contributed by atoms with E-state index in [1.165, 1.54) is 0 Å². The topological polar surface area (TPSA) is 127 Å². The summed E-state index contributed by atoms with van der Waals surface area (Å²) in [6.45, 7) is 1.74. The van der Waals surface area contributed by atoms with E-state index in [9.17, 15) is 23.1 Å². The van der Waals surface area contributed by atoms with Crippen LogP contribution in [0.25, 0.3) is 33.1 Å². The number of carbonyl (C=O) groups excluding carboxylic acids is 1. The number of aliphatic hydroxyl groups is 1. The third-order valence-corrected chi connectivity index (χ3v) is 7.79. The Morgan fingerprint density at radius 2 is 1.88 bits per heavy atom. The van der Waals surface area contributed by atoms with Crippen molar-refractivity contribution in [3.05, 3.63) is 70.3 Å². The molecule has 33 heavy (non-hydrogen) atoms. The second-order valence-electron chi connectivity index (χ2n) is 8.35. The number of furan rings is 1. The molecule has 0 bridgehead atoms. The summed E-state index contributed by atoms with van der Waals surface area (Å²) in [5, 5.41) is 14.0. The molecule has 4 aromatic rings. The third-order valence-electron chi connectivity index (χ3n) is 6.07. The van der Waals surface area contributed by atoms with Crippen LogP contribution < -0.4 is 10.9 Å². The summed E-state index contributed by atoms with van der Waals surface area (Å²) < 4.78 is 34.5. The summed E-state index contributed by atoms with van der Waals surface area (Å²) >= 11 is 0. The van der Waals surface area contributed by atoms with Crippen molar-refractivity contribution in [3.63, 3.8) is 0 Å². The van der Waals surface area contributed by atoms with E-state index in [-0.39, 0.29) is 23.5 Å². The number of benzene rings is 2. The van der Waals surface area contributed by atoms with Crippen LogP contribution in [0.3, 0.4) is 0 Å². The number of amides is 1. The van der Waals surface area contributed by atoms with Crippen molar-refractivity contribution in [1.82, 2.24) is 5.32 Å². The minimum Gasteiger partial charge on any atom is -0.464 e. The van der Waals surface area contributed by atoms with Gasteiger partial charge in [-0.1, -0.05) is 30.3 Å². The van der Waals surface area contributed by atoms with E-state index in [1.807, 2.05) is 36.4 Å². The molecule has 2 atom stereocenters. The first kappa shape index (κ1) is 21.4. The van der Waals surface area contributed by atoms with E-state index >= 15 is 0 Å². The van der Waals surface area contributed by atoms with Crippen LogP contribution in [0.1, 0.15) is 11.1 Å². The normalized spacial score (nSPS) is 19.8.